The van der Waals surface area contributed by atoms with Crippen LogP contribution in [0.1, 0.15) is 0 Å². The highest BCUT2D eigenvalue weighted by atomic mass is 79.9. The van der Waals surface area contributed by atoms with Crippen molar-refractivity contribution in [2.24, 2.45) is 0 Å². The van der Waals surface area contributed by atoms with Crippen molar-refractivity contribution in [2.45, 2.75) is 6.55 Å². The van der Waals surface area contributed by atoms with Gasteiger partial charge in [-0.15, -0.1) is 11.1 Å². The van der Waals surface area contributed by atoms with Gasteiger partial charge in [-0.3, -0.25) is 0 Å². The second-order valence-corrected chi connectivity index (χ2v) is 13.0. The molecule has 1 aromatic carbocycles. The molecule has 0 saturated heterocycles. The van der Waals surface area contributed by atoms with Crippen LogP contribution in [0.4, 0.5) is 0 Å². The number of hydrogen-bond acceptors (Lipinski definition) is 0. The average molecular weight is 236 g/mol. The van der Waals surface area contributed by atoms with E-state index >= 15 is 0 Å². The smallest absolute Gasteiger partial charge is 0.146 e. The third-order valence-corrected chi connectivity index (χ3v) is 4.66. The molecule has 1 rings (SSSR count). The van der Waals surface area contributed by atoms with Crippen LogP contribution in [-0.2, 0) is 0 Å². The molecule has 10 heavy (non-hydrogen) atoms. The molecule has 0 aromatic heterocycles. The minimum absolute atomic E-state index is 1.22. The van der Waals surface area contributed by atoms with Crippen molar-refractivity contribution in [2.75, 3.05) is 0 Å². The lowest BCUT2D eigenvalue weighted by Crippen LogP contribution is -2.31. The Kier molecular flexibility index (Phi) is 2.55. The lowest BCUT2D eigenvalue weighted by Gasteiger charge is -2.09. The number of rotatable bonds is 1. The second kappa shape index (κ2) is 3.07. The highest BCUT2D eigenvalue weighted by molar-refractivity contribution is 9.28. The Bertz CT molecular complexity index is 205. The number of benzene rings is 1. The average Bonchev–Trinajstić information content (AvgIpc) is 1.88. The third kappa shape index (κ3) is 2.11. The van der Waals surface area contributed by atoms with Gasteiger partial charge in [0.2, 0.25) is 0 Å². The van der Waals surface area contributed by atoms with Crippen LogP contribution in [-0.4, -0.2) is 6.00 Å². The summed E-state index contributed by atoms with van der Waals surface area (Å²) < 4.78 is 0. The molecule has 0 fully saturated rings. The lowest BCUT2D eigenvalue weighted by atomic mass is 10.4. The molecule has 0 radical (unpaired) electrons. The Balaban J connectivity index is 2.97. The fraction of sp³-hybridized carbons (Fsp3) is 0.143. The van der Waals surface area contributed by atoms with Gasteiger partial charge in [-0.25, -0.2) is 0 Å². The van der Waals surface area contributed by atoms with Crippen molar-refractivity contribution in [3.8, 4) is 0 Å². The molecule has 0 heterocycles. The van der Waals surface area contributed by atoms with Crippen LogP contribution in [0.2, 0.25) is 6.55 Å². The van der Waals surface area contributed by atoms with E-state index in [1.165, 1.54) is 5.19 Å². The maximum atomic E-state index is 6.11. The highest BCUT2D eigenvalue weighted by Crippen LogP contribution is 2.15. The molecule has 1 atom stereocenters. The molecule has 0 amide bonds. The summed E-state index contributed by atoms with van der Waals surface area (Å²) in [6.07, 6.45) is 0. The maximum absolute atomic E-state index is 6.11. The molecule has 0 aliphatic rings. The summed E-state index contributed by atoms with van der Waals surface area (Å²) in [4.78, 5) is 0. The lowest BCUT2D eigenvalue weighted by molar-refractivity contribution is 1.76. The largest absolute Gasteiger partial charge is 0.252 e. The molecular weight excluding hydrogens is 228 g/mol. The molecular formula is C7H8BrClSi. The SMILES string of the molecule is C[Si](Cl)(Br)c1ccccc1. The van der Waals surface area contributed by atoms with Gasteiger partial charge in [0.1, 0.15) is 0 Å². The summed E-state index contributed by atoms with van der Waals surface area (Å²) in [6, 6.07) is 8.35. The molecule has 0 saturated carbocycles. The van der Waals surface area contributed by atoms with Crippen LogP contribution >= 0.6 is 26.4 Å². The molecule has 54 valence electrons. The molecule has 0 aliphatic carbocycles. The van der Waals surface area contributed by atoms with Crippen LogP contribution in [0, 0.1) is 0 Å². The first kappa shape index (κ1) is 8.30. The predicted molar refractivity (Wildman–Crippen MR) is 52.5 cm³/mol. The zero-order valence-electron chi connectivity index (χ0n) is 5.64. The summed E-state index contributed by atoms with van der Waals surface area (Å²) >= 11 is 9.61. The van der Waals surface area contributed by atoms with E-state index in [-0.39, 0.29) is 0 Å². The molecule has 0 aliphatic heterocycles. The molecule has 0 nitrogen and oxygen atoms in total. The van der Waals surface area contributed by atoms with Gasteiger partial charge in [0, 0.05) is 0 Å². The molecule has 0 N–H and O–H groups in total. The van der Waals surface area contributed by atoms with E-state index in [0.717, 1.165) is 0 Å². The first-order valence-corrected chi connectivity index (χ1v) is 8.81. The van der Waals surface area contributed by atoms with Crippen LogP contribution in [0.5, 0.6) is 0 Å². The van der Waals surface area contributed by atoms with Gasteiger partial charge in [0.25, 0.3) is 6.00 Å². The standard InChI is InChI=1S/C7H8BrClSi/c1-10(8,9)7-5-3-2-4-6-7/h2-6H,1H3. The van der Waals surface area contributed by atoms with E-state index in [1.807, 2.05) is 36.9 Å². The van der Waals surface area contributed by atoms with Crippen molar-refractivity contribution >= 4 is 37.6 Å². The van der Waals surface area contributed by atoms with Crippen molar-refractivity contribution in [1.82, 2.24) is 0 Å². The minimum atomic E-state index is -1.75. The Morgan fingerprint density at radius 3 is 2.10 bits per heavy atom. The van der Waals surface area contributed by atoms with E-state index in [2.05, 4.69) is 15.3 Å². The Hall–Kier alpha value is 0.207. The zero-order chi connectivity index (χ0) is 7.61. The van der Waals surface area contributed by atoms with E-state index in [1.54, 1.807) is 0 Å². The first-order chi connectivity index (χ1) is 4.61. The van der Waals surface area contributed by atoms with Gasteiger partial charge < -0.3 is 0 Å². The van der Waals surface area contributed by atoms with E-state index in [0.29, 0.717) is 0 Å². The fourth-order valence-electron chi connectivity index (χ4n) is 0.731. The Labute approximate surface area is 74.5 Å². The quantitative estimate of drug-likeness (QED) is 0.519. The van der Waals surface area contributed by atoms with Crippen molar-refractivity contribution in [1.29, 1.82) is 0 Å². The van der Waals surface area contributed by atoms with Gasteiger partial charge >= 0.3 is 0 Å². The van der Waals surface area contributed by atoms with E-state index in [9.17, 15) is 0 Å². The fourth-order valence-corrected chi connectivity index (χ4v) is 2.68. The summed E-state index contributed by atoms with van der Waals surface area (Å²) in [7, 11) is 0. The van der Waals surface area contributed by atoms with Gasteiger partial charge in [0.15, 0.2) is 0 Å². The van der Waals surface area contributed by atoms with Crippen LogP contribution in [0.15, 0.2) is 30.3 Å². The molecule has 3 heteroatoms. The minimum Gasteiger partial charge on any atom is -0.146 e. The van der Waals surface area contributed by atoms with Crippen LogP contribution < -0.4 is 5.19 Å². The van der Waals surface area contributed by atoms with Crippen LogP contribution in [0.3, 0.4) is 0 Å². The van der Waals surface area contributed by atoms with Gasteiger partial charge in [-0.2, -0.15) is 0 Å². The highest BCUT2D eigenvalue weighted by Gasteiger charge is 2.21. The Morgan fingerprint density at radius 2 is 1.80 bits per heavy atom. The summed E-state index contributed by atoms with van der Waals surface area (Å²) in [5.74, 6) is 0. The Morgan fingerprint density at radius 1 is 1.30 bits per heavy atom. The number of hydrogen-bond donors (Lipinski definition) is 0. The van der Waals surface area contributed by atoms with Gasteiger partial charge in [0.05, 0.1) is 0 Å². The summed E-state index contributed by atoms with van der Waals surface area (Å²) in [5.41, 5.74) is 0. The van der Waals surface area contributed by atoms with E-state index < -0.39 is 6.00 Å². The number of halogens is 2. The zero-order valence-corrected chi connectivity index (χ0v) is 8.98. The third-order valence-electron chi connectivity index (χ3n) is 1.28. The van der Waals surface area contributed by atoms with Gasteiger partial charge in [-0.05, 0) is 11.7 Å². The summed E-state index contributed by atoms with van der Waals surface area (Å²) in [6.45, 7) is 2.05. The molecule has 0 bridgehead atoms. The molecule has 1 aromatic rings. The van der Waals surface area contributed by atoms with Crippen molar-refractivity contribution in [3.05, 3.63) is 30.3 Å². The monoisotopic (exact) mass is 234 g/mol. The molecule has 0 spiro atoms. The normalized spacial score (nSPS) is 16.3. The van der Waals surface area contributed by atoms with Crippen molar-refractivity contribution < 1.29 is 0 Å². The second-order valence-electron chi connectivity index (χ2n) is 2.25. The van der Waals surface area contributed by atoms with Crippen LogP contribution in [0.25, 0.3) is 0 Å². The first-order valence-electron chi connectivity index (χ1n) is 3.04. The van der Waals surface area contributed by atoms with E-state index in [4.69, 9.17) is 11.1 Å². The van der Waals surface area contributed by atoms with Gasteiger partial charge in [-0.1, -0.05) is 45.6 Å². The topological polar surface area (TPSA) is 0 Å². The predicted octanol–water partition coefficient (Wildman–Crippen LogP) is 2.60. The maximum Gasteiger partial charge on any atom is 0.252 e. The molecule has 1 unspecified atom stereocenters. The van der Waals surface area contributed by atoms with Crippen molar-refractivity contribution in [3.63, 3.8) is 0 Å². The summed E-state index contributed by atoms with van der Waals surface area (Å²) in [5, 5.41) is 1.22.